The molecular formula is C24H28Cl2N4O9. The van der Waals surface area contributed by atoms with Crippen LogP contribution in [0.2, 0.25) is 10.0 Å². The van der Waals surface area contributed by atoms with E-state index in [2.05, 4.69) is 10.6 Å². The molecule has 0 aromatic heterocycles. The molecule has 1 aromatic rings. The van der Waals surface area contributed by atoms with Gasteiger partial charge in [-0.3, -0.25) is 29.0 Å². The molecule has 4 amide bonds. The molecule has 0 aliphatic carbocycles. The number of aliphatic carboxylic acids is 1. The zero-order valence-corrected chi connectivity index (χ0v) is 22.4. The molecule has 212 valence electrons. The zero-order valence-electron chi connectivity index (χ0n) is 20.9. The second kappa shape index (κ2) is 13.1. The quantitative estimate of drug-likeness (QED) is 0.299. The molecule has 2 heterocycles. The number of carbonyl (C=O) groups is 6. The standard InChI is InChI=1S/C24H28Cl2N4O9/c1-12(31)27-15-7-8-19(33)29-9-3-6-17(30(29)23(15)37)22(36)28-16(10-20(34)35)18(32)11-39-24(38)21-13(25)4-2-5-14(21)26/h2,4-5,15-18,32H,3,6-11H2,1H3,(H,27,31)(H,28,36)(H,34,35). The lowest BCUT2D eigenvalue weighted by atomic mass is 10.0. The van der Waals surface area contributed by atoms with Crippen LogP contribution >= 0.6 is 23.2 Å². The Hall–Kier alpha value is -3.42. The second-order valence-electron chi connectivity index (χ2n) is 9.12. The van der Waals surface area contributed by atoms with E-state index in [-0.39, 0.29) is 41.4 Å². The largest absolute Gasteiger partial charge is 0.481 e. The average molecular weight is 587 g/mol. The summed E-state index contributed by atoms with van der Waals surface area (Å²) in [5.41, 5.74) is -0.146. The van der Waals surface area contributed by atoms with Crippen molar-refractivity contribution >= 4 is 58.8 Å². The highest BCUT2D eigenvalue weighted by Gasteiger charge is 2.45. The highest BCUT2D eigenvalue weighted by Crippen LogP contribution is 2.26. The van der Waals surface area contributed by atoms with Crippen molar-refractivity contribution < 1.29 is 43.7 Å². The fourth-order valence-corrected chi connectivity index (χ4v) is 5.00. The van der Waals surface area contributed by atoms with E-state index in [0.717, 1.165) is 10.0 Å². The monoisotopic (exact) mass is 586 g/mol. The van der Waals surface area contributed by atoms with Gasteiger partial charge in [0.2, 0.25) is 17.7 Å². The Labute approximate surface area is 233 Å². The van der Waals surface area contributed by atoms with Gasteiger partial charge in [0.15, 0.2) is 0 Å². The van der Waals surface area contributed by atoms with Gasteiger partial charge >= 0.3 is 11.9 Å². The maximum atomic E-state index is 13.3. The number of aliphatic hydroxyl groups is 1. The lowest BCUT2D eigenvalue weighted by Gasteiger charge is -2.43. The van der Waals surface area contributed by atoms with E-state index in [1.165, 1.54) is 25.1 Å². The number of hydrazine groups is 1. The maximum Gasteiger partial charge on any atom is 0.341 e. The molecule has 3 rings (SSSR count). The molecule has 2 aliphatic rings. The van der Waals surface area contributed by atoms with Crippen LogP contribution < -0.4 is 10.6 Å². The Bertz CT molecular complexity index is 1140. The van der Waals surface area contributed by atoms with Gasteiger partial charge in [0.1, 0.15) is 24.8 Å². The van der Waals surface area contributed by atoms with Crippen LogP contribution in [0.5, 0.6) is 0 Å². The molecule has 1 aromatic carbocycles. The van der Waals surface area contributed by atoms with E-state index in [9.17, 15) is 39.0 Å². The summed E-state index contributed by atoms with van der Waals surface area (Å²) < 4.78 is 5.07. The Morgan fingerprint density at radius 1 is 1.15 bits per heavy atom. The molecule has 0 spiro atoms. The number of ether oxygens (including phenoxy) is 1. The lowest BCUT2D eigenvalue weighted by molar-refractivity contribution is -0.176. The molecule has 2 fully saturated rings. The van der Waals surface area contributed by atoms with Gasteiger partial charge in [0.25, 0.3) is 5.91 Å². The molecule has 2 aliphatic heterocycles. The van der Waals surface area contributed by atoms with E-state index in [4.69, 9.17) is 27.9 Å². The summed E-state index contributed by atoms with van der Waals surface area (Å²) in [5.74, 6) is -4.69. The van der Waals surface area contributed by atoms with Gasteiger partial charge in [-0.05, 0) is 31.4 Å². The van der Waals surface area contributed by atoms with Crippen LogP contribution in [0.25, 0.3) is 0 Å². The molecule has 0 radical (unpaired) electrons. The zero-order chi connectivity index (χ0) is 28.9. The SMILES string of the molecule is CC(=O)NC1CCC(=O)N2CCCC(C(=O)NC(CC(=O)O)C(O)COC(=O)c3c(Cl)cccc3Cl)N2C1=O. The summed E-state index contributed by atoms with van der Waals surface area (Å²) in [4.78, 5) is 74.8. The van der Waals surface area contributed by atoms with E-state index in [1.54, 1.807) is 0 Å². The Balaban J connectivity index is 1.75. The van der Waals surface area contributed by atoms with Gasteiger partial charge in [0, 0.05) is 19.9 Å². The van der Waals surface area contributed by atoms with E-state index >= 15 is 0 Å². The van der Waals surface area contributed by atoms with Crippen molar-refractivity contribution in [3.05, 3.63) is 33.8 Å². The fraction of sp³-hybridized carbons (Fsp3) is 0.500. The molecule has 4 unspecified atom stereocenters. The van der Waals surface area contributed by atoms with Crippen molar-refractivity contribution in [1.29, 1.82) is 0 Å². The summed E-state index contributed by atoms with van der Waals surface area (Å²) in [6.45, 7) is 0.701. The van der Waals surface area contributed by atoms with Crippen LogP contribution in [0.15, 0.2) is 18.2 Å². The van der Waals surface area contributed by atoms with Crippen LogP contribution in [0, 0.1) is 0 Å². The third kappa shape index (κ3) is 7.37. The Morgan fingerprint density at radius 2 is 1.82 bits per heavy atom. The van der Waals surface area contributed by atoms with Gasteiger partial charge in [-0.1, -0.05) is 29.3 Å². The number of nitrogens with one attached hydrogen (secondary N) is 2. The number of fused-ring (bicyclic) bond motifs is 1. The van der Waals surface area contributed by atoms with Gasteiger partial charge in [-0.15, -0.1) is 0 Å². The van der Waals surface area contributed by atoms with Crippen molar-refractivity contribution in [3.8, 4) is 0 Å². The van der Waals surface area contributed by atoms with Gasteiger partial charge in [-0.2, -0.15) is 0 Å². The summed E-state index contributed by atoms with van der Waals surface area (Å²) >= 11 is 12.0. The predicted octanol–water partition coefficient (Wildman–Crippen LogP) is 0.504. The number of esters is 1. The average Bonchev–Trinajstić information content (AvgIpc) is 2.98. The van der Waals surface area contributed by atoms with Crippen molar-refractivity contribution in [1.82, 2.24) is 20.7 Å². The van der Waals surface area contributed by atoms with Crippen molar-refractivity contribution in [2.75, 3.05) is 13.2 Å². The first kappa shape index (κ1) is 30.1. The summed E-state index contributed by atoms with van der Waals surface area (Å²) in [7, 11) is 0. The molecule has 0 bridgehead atoms. The minimum atomic E-state index is -1.66. The molecular weight excluding hydrogens is 559 g/mol. The maximum absolute atomic E-state index is 13.3. The summed E-state index contributed by atoms with van der Waals surface area (Å²) in [5, 5.41) is 27.1. The molecule has 15 heteroatoms. The van der Waals surface area contributed by atoms with E-state index in [1.807, 2.05) is 0 Å². The van der Waals surface area contributed by atoms with Crippen molar-refractivity contribution in [3.63, 3.8) is 0 Å². The number of carboxylic acid groups (broad SMARTS) is 1. The highest BCUT2D eigenvalue weighted by molar-refractivity contribution is 6.39. The minimum absolute atomic E-state index is 0.00784. The topological polar surface area (TPSA) is 183 Å². The van der Waals surface area contributed by atoms with Crippen LogP contribution in [0.1, 0.15) is 49.4 Å². The summed E-state index contributed by atoms with van der Waals surface area (Å²) in [6.07, 6.45) is -1.86. The Morgan fingerprint density at radius 3 is 2.44 bits per heavy atom. The molecule has 4 atom stereocenters. The first-order valence-electron chi connectivity index (χ1n) is 12.1. The molecule has 4 N–H and O–H groups in total. The number of halogens is 2. The lowest BCUT2D eigenvalue weighted by Crippen LogP contribution is -2.64. The first-order chi connectivity index (χ1) is 18.4. The van der Waals surface area contributed by atoms with E-state index in [0.29, 0.717) is 6.42 Å². The fourth-order valence-electron chi connectivity index (χ4n) is 4.44. The Kier molecular flexibility index (Phi) is 10.1. The number of amides is 4. The number of benzene rings is 1. The number of carboxylic acids is 1. The third-order valence-electron chi connectivity index (χ3n) is 6.28. The number of aliphatic hydroxyl groups excluding tert-OH is 1. The number of nitrogens with zero attached hydrogens (tertiary/aromatic N) is 2. The van der Waals surface area contributed by atoms with Crippen LogP contribution in [-0.2, 0) is 28.7 Å². The van der Waals surface area contributed by atoms with Gasteiger partial charge in [-0.25, -0.2) is 9.80 Å². The normalized spacial score (nSPS) is 20.8. The third-order valence-corrected chi connectivity index (χ3v) is 6.91. The van der Waals surface area contributed by atoms with Crippen molar-refractivity contribution in [2.45, 2.75) is 63.3 Å². The van der Waals surface area contributed by atoms with Crippen LogP contribution in [0.3, 0.4) is 0 Å². The van der Waals surface area contributed by atoms with Gasteiger partial charge in [0.05, 0.1) is 28.1 Å². The number of hydrogen-bond acceptors (Lipinski definition) is 8. The molecule has 2 saturated heterocycles. The second-order valence-corrected chi connectivity index (χ2v) is 9.94. The summed E-state index contributed by atoms with van der Waals surface area (Å²) in [6, 6.07) is 0.671. The smallest absolute Gasteiger partial charge is 0.341 e. The molecule has 39 heavy (non-hydrogen) atoms. The number of rotatable bonds is 9. The van der Waals surface area contributed by atoms with Crippen molar-refractivity contribution in [2.24, 2.45) is 0 Å². The molecule has 0 saturated carbocycles. The minimum Gasteiger partial charge on any atom is -0.481 e. The first-order valence-corrected chi connectivity index (χ1v) is 12.9. The van der Waals surface area contributed by atoms with Crippen LogP contribution in [-0.4, -0.2) is 93.2 Å². The molecule has 13 nitrogen and oxygen atoms in total. The van der Waals surface area contributed by atoms with Crippen LogP contribution in [0.4, 0.5) is 0 Å². The number of carbonyl (C=O) groups excluding carboxylic acids is 5. The van der Waals surface area contributed by atoms with Gasteiger partial charge < -0.3 is 25.6 Å². The highest BCUT2D eigenvalue weighted by atomic mass is 35.5. The number of hydrogen-bond donors (Lipinski definition) is 4. The predicted molar refractivity (Wildman–Crippen MR) is 135 cm³/mol. The van der Waals surface area contributed by atoms with E-state index < -0.39 is 72.8 Å².